The van der Waals surface area contributed by atoms with Crippen LogP contribution in [0.15, 0.2) is 12.7 Å². The molecule has 2 rings (SSSR count). The Morgan fingerprint density at radius 1 is 1.64 bits per heavy atom. The summed E-state index contributed by atoms with van der Waals surface area (Å²) < 4.78 is 16.0. The Morgan fingerprint density at radius 3 is 3.07 bits per heavy atom. The van der Waals surface area contributed by atoms with Gasteiger partial charge in [0.25, 0.3) is 0 Å². The first-order chi connectivity index (χ1) is 6.72. The van der Waals surface area contributed by atoms with E-state index in [-0.39, 0.29) is 30.4 Å². The van der Waals surface area contributed by atoms with Crippen LogP contribution < -0.4 is 0 Å². The van der Waals surface area contributed by atoms with Gasteiger partial charge in [0, 0.05) is 6.92 Å². The topological polar surface area (TPSA) is 48.1 Å². The van der Waals surface area contributed by atoms with Gasteiger partial charge >= 0.3 is 5.97 Å². The molecule has 0 unspecified atom stereocenters. The maximum absolute atomic E-state index is 10.7. The zero-order valence-corrected chi connectivity index (χ0v) is 8.14. The van der Waals surface area contributed by atoms with Gasteiger partial charge in [-0.2, -0.15) is 0 Å². The molecular formula is C10H14O4. The van der Waals surface area contributed by atoms with Crippen molar-refractivity contribution in [3.8, 4) is 0 Å². The molecular weight excluding hydrogens is 184 g/mol. The zero-order chi connectivity index (χ0) is 10.1. The van der Waals surface area contributed by atoms with Gasteiger partial charge in [0.05, 0.1) is 12.7 Å². The molecule has 4 atom stereocenters. The van der Waals surface area contributed by atoms with Gasteiger partial charge in [0.2, 0.25) is 0 Å². The van der Waals surface area contributed by atoms with Gasteiger partial charge in [-0.3, -0.25) is 4.79 Å². The summed E-state index contributed by atoms with van der Waals surface area (Å²) in [5.41, 5.74) is 0. The smallest absolute Gasteiger partial charge is 0.303 e. The zero-order valence-electron chi connectivity index (χ0n) is 8.14. The Kier molecular flexibility index (Phi) is 2.56. The molecule has 0 amide bonds. The number of carbonyl (C=O) groups excluding carboxylic acids is 1. The fraction of sp³-hybridized carbons (Fsp3) is 0.700. The van der Waals surface area contributed by atoms with E-state index < -0.39 is 0 Å². The summed E-state index contributed by atoms with van der Waals surface area (Å²) in [6.07, 6.45) is 2.59. The number of ether oxygens (including phenoxy) is 3. The number of carbonyl (C=O) groups is 1. The second kappa shape index (κ2) is 3.71. The minimum Gasteiger partial charge on any atom is -0.457 e. The predicted octanol–water partition coefficient (Wildman–Crippen LogP) is 0.660. The highest BCUT2D eigenvalue weighted by Gasteiger charge is 2.54. The minimum atomic E-state index is -0.282. The third-order valence-corrected chi connectivity index (χ3v) is 2.49. The van der Waals surface area contributed by atoms with Crippen LogP contribution in [0.4, 0.5) is 0 Å². The molecule has 78 valence electrons. The molecule has 4 nitrogen and oxygen atoms in total. The van der Waals surface area contributed by atoms with E-state index in [2.05, 4.69) is 6.58 Å². The van der Waals surface area contributed by atoms with Crippen molar-refractivity contribution in [2.75, 3.05) is 6.61 Å². The van der Waals surface area contributed by atoms with Crippen molar-refractivity contribution in [2.45, 2.75) is 37.8 Å². The Labute approximate surface area is 82.8 Å². The van der Waals surface area contributed by atoms with Crippen LogP contribution in [0.25, 0.3) is 0 Å². The number of hydrogen-bond acceptors (Lipinski definition) is 4. The summed E-state index contributed by atoms with van der Waals surface area (Å²) in [4.78, 5) is 10.7. The number of rotatable bonds is 3. The molecule has 0 aromatic rings. The van der Waals surface area contributed by atoms with Crippen molar-refractivity contribution in [3.63, 3.8) is 0 Å². The summed E-state index contributed by atoms with van der Waals surface area (Å²) in [5, 5.41) is 0. The normalized spacial score (nSPS) is 39.8. The summed E-state index contributed by atoms with van der Waals surface area (Å²) >= 11 is 0. The van der Waals surface area contributed by atoms with Gasteiger partial charge in [0.15, 0.2) is 6.10 Å². The summed E-state index contributed by atoms with van der Waals surface area (Å²) in [6.45, 7) is 5.48. The summed E-state index contributed by atoms with van der Waals surface area (Å²) in [7, 11) is 0. The third-order valence-electron chi connectivity index (χ3n) is 2.49. The van der Waals surface area contributed by atoms with Gasteiger partial charge in [-0.15, -0.1) is 6.58 Å². The largest absolute Gasteiger partial charge is 0.457 e. The maximum Gasteiger partial charge on any atom is 0.303 e. The lowest BCUT2D eigenvalue weighted by molar-refractivity contribution is -0.153. The van der Waals surface area contributed by atoms with E-state index in [0.29, 0.717) is 6.61 Å². The van der Waals surface area contributed by atoms with Crippen LogP contribution in [0.2, 0.25) is 0 Å². The summed E-state index contributed by atoms with van der Waals surface area (Å²) in [6, 6.07) is 0. The molecule has 2 aliphatic heterocycles. The van der Waals surface area contributed by atoms with Crippen LogP contribution in [-0.4, -0.2) is 37.0 Å². The van der Waals surface area contributed by atoms with Crippen molar-refractivity contribution in [3.05, 3.63) is 12.7 Å². The molecule has 0 aromatic carbocycles. The lowest BCUT2D eigenvalue weighted by Crippen LogP contribution is -2.39. The lowest BCUT2D eigenvalue weighted by Gasteiger charge is -2.24. The van der Waals surface area contributed by atoms with E-state index in [9.17, 15) is 4.79 Å². The van der Waals surface area contributed by atoms with Gasteiger partial charge in [0.1, 0.15) is 12.2 Å². The van der Waals surface area contributed by atoms with E-state index in [1.54, 1.807) is 0 Å². The fourth-order valence-electron chi connectivity index (χ4n) is 1.82. The number of fused-ring (bicyclic) bond motifs is 1. The standard InChI is InChI=1S/C10H14O4/c1-3-4-7-9-10(14-9)8(5-12-7)13-6(2)11/h3,7-10H,1,4-5H2,2H3/t7-,8-,9-,10+/m1/s1. The van der Waals surface area contributed by atoms with E-state index >= 15 is 0 Å². The molecule has 0 N–H and O–H groups in total. The Balaban J connectivity index is 1.87. The van der Waals surface area contributed by atoms with Crippen LogP contribution in [0, 0.1) is 0 Å². The highest BCUT2D eigenvalue weighted by atomic mass is 16.7. The second-order valence-corrected chi connectivity index (χ2v) is 3.61. The molecule has 0 saturated carbocycles. The SMILES string of the molecule is C=CC[C@H]1OC[C@@H](OC(C)=O)[C@@H]2O[C@@H]21. The van der Waals surface area contributed by atoms with Crippen molar-refractivity contribution in [2.24, 2.45) is 0 Å². The molecule has 0 spiro atoms. The van der Waals surface area contributed by atoms with E-state index in [0.717, 1.165) is 6.42 Å². The number of hydrogen-bond donors (Lipinski definition) is 0. The molecule has 0 bridgehead atoms. The van der Waals surface area contributed by atoms with E-state index in [1.165, 1.54) is 6.92 Å². The first kappa shape index (κ1) is 9.68. The minimum absolute atomic E-state index is 0.0394. The van der Waals surface area contributed by atoms with Crippen LogP contribution >= 0.6 is 0 Å². The van der Waals surface area contributed by atoms with Gasteiger partial charge < -0.3 is 14.2 Å². The molecule has 2 saturated heterocycles. The fourth-order valence-corrected chi connectivity index (χ4v) is 1.82. The molecule has 0 radical (unpaired) electrons. The average molecular weight is 198 g/mol. The van der Waals surface area contributed by atoms with Crippen molar-refractivity contribution < 1.29 is 19.0 Å². The van der Waals surface area contributed by atoms with Crippen LogP contribution in [0.1, 0.15) is 13.3 Å². The van der Waals surface area contributed by atoms with Crippen molar-refractivity contribution in [1.29, 1.82) is 0 Å². The van der Waals surface area contributed by atoms with Crippen LogP contribution in [-0.2, 0) is 19.0 Å². The monoisotopic (exact) mass is 198 g/mol. The molecule has 4 heteroatoms. The molecule has 2 heterocycles. The average Bonchev–Trinajstić information content (AvgIpc) is 2.88. The predicted molar refractivity (Wildman–Crippen MR) is 48.8 cm³/mol. The van der Waals surface area contributed by atoms with Gasteiger partial charge in [-0.1, -0.05) is 6.08 Å². The molecule has 0 aliphatic carbocycles. The van der Waals surface area contributed by atoms with Crippen LogP contribution in [0.3, 0.4) is 0 Å². The maximum atomic E-state index is 10.7. The lowest BCUT2D eigenvalue weighted by atomic mass is 10.0. The second-order valence-electron chi connectivity index (χ2n) is 3.61. The molecule has 14 heavy (non-hydrogen) atoms. The van der Waals surface area contributed by atoms with Gasteiger partial charge in [-0.05, 0) is 6.42 Å². The Morgan fingerprint density at radius 2 is 2.43 bits per heavy atom. The van der Waals surface area contributed by atoms with Gasteiger partial charge in [-0.25, -0.2) is 0 Å². The Hall–Kier alpha value is -0.870. The van der Waals surface area contributed by atoms with Crippen LogP contribution in [0.5, 0.6) is 0 Å². The number of esters is 1. The van der Waals surface area contributed by atoms with E-state index in [4.69, 9.17) is 14.2 Å². The third kappa shape index (κ3) is 1.81. The Bertz CT molecular complexity index is 251. The first-order valence-corrected chi connectivity index (χ1v) is 4.77. The quantitative estimate of drug-likeness (QED) is 0.380. The molecule has 2 aliphatic rings. The first-order valence-electron chi connectivity index (χ1n) is 4.77. The summed E-state index contributed by atoms with van der Waals surface area (Å²) in [5.74, 6) is -0.282. The van der Waals surface area contributed by atoms with E-state index in [1.807, 2.05) is 6.08 Å². The van der Waals surface area contributed by atoms with Crippen molar-refractivity contribution >= 4 is 5.97 Å². The van der Waals surface area contributed by atoms with Crippen molar-refractivity contribution in [1.82, 2.24) is 0 Å². The molecule has 2 fully saturated rings. The highest BCUT2D eigenvalue weighted by Crippen LogP contribution is 2.37. The number of epoxide rings is 1. The molecule has 0 aromatic heterocycles. The highest BCUT2D eigenvalue weighted by molar-refractivity contribution is 5.66.